The van der Waals surface area contributed by atoms with E-state index in [2.05, 4.69) is 33.7 Å². The highest BCUT2D eigenvalue weighted by Gasteiger charge is 2.03. The van der Waals surface area contributed by atoms with E-state index in [0.29, 0.717) is 0 Å². The predicted molar refractivity (Wildman–Crippen MR) is 107 cm³/mol. The second-order valence-corrected chi connectivity index (χ2v) is 6.27. The lowest BCUT2D eigenvalue weighted by Gasteiger charge is -2.07. The number of carbonyl (C=O) groups is 2. The van der Waals surface area contributed by atoms with Gasteiger partial charge in [-0.2, -0.15) is 0 Å². The number of hydrogen-bond donors (Lipinski definition) is 0. The number of rotatable bonds is 6. The fraction of sp³-hybridized carbons (Fsp3) is 0.217. The Bertz CT molecular complexity index is 783. The van der Waals surface area contributed by atoms with Gasteiger partial charge in [0, 0.05) is 12.2 Å². The van der Waals surface area contributed by atoms with E-state index in [9.17, 15) is 9.59 Å². The highest BCUT2D eigenvalue weighted by atomic mass is 16.5. The van der Waals surface area contributed by atoms with Crippen LogP contribution in [0.15, 0.2) is 60.7 Å². The molecule has 0 unspecified atom stereocenters. The summed E-state index contributed by atoms with van der Waals surface area (Å²) in [5.74, 6) is -0.707. The standard InChI is InChI=1S/C23H24O4/c1-16(13-22(24)26-3)20-9-5-18(6-10-20)15-19-7-11-21(12-8-19)17(2)14-23(25)27-4/h5-14H,15H2,1-4H3/b16-13+,17-14+. The maximum absolute atomic E-state index is 11.3. The van der Waals surface area contributed by atoms with Crippen molar-refractivity contribution >= 4 is 23.1 Å². The topological polar surface area (TPSA) is 52.6 Å². The number of esters is 2. The van der Waals surface area contributed by atoms with Gasteiger partial charge in [0.05, 0.1) is 14.2 Å². The van der Waals surface area contributed by atoms with Crippen molar-refractivity contribution in [1.29, 1.82) is 0 Å². The molecule has 0 bridgehead atoms. The van der Waals surface area contributed by atoms with Crippen LogP contribution in [0.1, 0.15) is 36.1 Å². The third-order valence-electron chi connectivity index (χ3n) is 4.30. The monoisotopic (exact) mass is 364 g/mol. The molecule has 0 saturated carbocycles. The van der Waals surface area contributed by atoms with Gasteiger partial charge in [-0.05, 0) is 53.7 Å². The van der Waals surface area contributed by atoms with Crippen LogP contribution in [-0.4, -0.2) is 26.2 Å². The summed E-state index contributed by atoms with van der Waals surface area (Å²) in [5, 5.41) is 0. The molecule has 0 aliphatic heterocycles. The fourth-order valence-corrected chi connectivity index (χ4v) is 2.64. The summed E-state index contributed by atoms with van der Waals surface area (Å²) in [6.45, 7) is 3.77. The van der Waals surface area contributed by atoms with Gasteiger partial charge in [-0.25, -0.2) is 9.59 Å². The Morgan fingerprint density at radius 3 is 1.33 bits per heavy atom. The highest BCUT2D eigenvalue weighted by molar-refractivity contribution is 5.91. The molecule has 0 N–H and O–H groups in total. The normalized spacial score (nSPS) is 11.9. The first-order valence-corrected chi connectivity index (χ1v) is 8.64. The molecule has 0 atom stereocenters. The largest absolute Gasteiger partial charge is 0.466 e. The average molecular weight is 364 g/mol. The second-order valence-electron chi connectivity index (χ2n) is 6.27. The van der Waals surface area contributed by atoms with Crippen LogP contribution in [0.5, 0.6) is 0 Å². The third kappa shape index (κ3) is 5.96. The van der Waals surface area contributed by atoms with Gasteiger partial charge >= 0.3 is 11.9 Å². The Morgan fingerprint density at radius 1 is 0.704 bits per heavy atom. The Hall–Kier alpha value is -3.14. The Kier molecular flexibility index (Phi) is 7.12. The van der Waals surface area contributed by atoms with Crippen LogP contribution in [0.2, 0.25) is 0 Å². The summed E-state index contributed by atoms with van der Waals surface area (Å²) in [5.41, 5.74) is 6.07. The predicted octanol–water partition coefficient (Wildman–Crippen LogP) is 4.43. The zero-order valence-electron chi connectivity index (χ0n) is 16.1. The van der Waals surface area contributed by atoms with Gasteiger partial charge in [-0.3, -0.25) is 0 Å². The molecule has 2 rings (SSSR count). The lowest BCUT2D eigenvalue weighted by atomic mass is 9.99. The van der Waals surface area contributed by atoms with E-state index >= 15 is 0 Å². The van der Waals surface area contributed by atoms with Crippen molar-refractivity contribution in [3.63, 3.8) is 0 Å². The van der Waals surface area contributed by atoms with E-state index < -0.39 is 0 Å². The lowest BCUT2D eigenvalue weighted by molar-refractivity contribution is -0.135. The van der Waals surface area contributed by atoms with Crippen molar-refractivity contribution in [1.82, 2.24) is 0 Å². The van der Waals surface area contributed by atoms with Crippen LogP contribution in [0.3, 0.4) is 0 Å². The molecule has 2 aromatic rings. The molecule has 0 radical (unpaired) electrons. The lowest BCUT2D eigenvalue weighted by Crippen LogP contribution is -1.96. The number of hydrogen-bond acceptors (Lipinski definition) is 4. The van der Waals surface area contributed by atoms with Crippen molar-refractivity contribution in [3.8, 4) is 0 Å². The molecule has 0 aliphatic rings. The van der Waals surface area contributed by atoms with E-state index in [4.69, 9.17) is 0 Å². The number of methoxy groups -OCH3 is 2. The first kappa shape index (κ1) is 20.2. The zero-order valence-corrected chi connectivity index (χ0v) is 16.1. The van der Waals surface area contributed by atoms with Gasteiger partial charge in [-0.1, -0.05) is 48.5 Å². The summed E-state index contributed by atoms with van der Waals surface area (Å²) in [4.78, 5) is 22.7. The van der Waals surface area contributed by atoms with Crippen molar-refractivity contribution in [2.75, 3.05) is 14.2 Å². The molecular weight excluding hydrogens is 340 g/mol. The van der Waals surface area contributed by atoms with E-state index in [1.807, 2.05) is 38.1 Å². The molecule has 4 nitrogen and oxygen atoms in total. The van der Waals surface area contributed by atoms with Crippen molar-refractivity contribution in [2.45, 2.75) is 20.3 Å². The summed E-state index contributed by atoms with van der Waals surface area (Å²) >= 11 is 0. The van der Waals surface area contributed by atoms with Gasteiger partial charge in [0.1, 0.15) is 0 Å². The Morgan fingerprint density at radius 2 is 1.04 bits per heavy atom. The SMILES string of the molecule is COC(=O)/C=C(\C)c1ccc(Cc2ccc(/C(C)=C/C(=O)OC)cc2)cc1. The molecule has 2 aromatic carbocycles. The van der Waals surface area contributed by atoms with E-state index in [-0.39, 0.29) is 11.9 Å². The first-order valence-electron chi connectivity index (χ1n) is 8.64. The van der Waals surface area contributed by atoms with Gasteiger partial charge in [-0.15, -0.1) is 0 Å². The van der Waals surface area contributed by atoms with Gasteiger partial charge in [0.25, 0.3) is 0 Å². The molecule has 0 spiro atoms. The highest BCUT2D eigenvalue weighted by Crippen LogP contribution is 2.19. The fourth-order valence-electron chi connectivity index (χ4n) is 2.64. The van der Waals surface area contributed by atoms with Crippen molar-refractivity contribution < 1.29 is 19.1 Å². The minimum atomic E-state index is -0.354. The molecule has 0 aromatic heterocycles. The van der Waals surface area contributed by atoms with Crippen LogP contribution in [-0.2, 0) is 25.5 Å². The molecule has 0 heterocycles. The average Bonchev–Trinajstić information content (AvgIpc) is 2.68. The third-order valence-corrected chi connectivity index (χ3v) is 4.30. The molecular formula is C23H24O4. The van der Waals surface area contributed by atoms with E-state index in [1.54, 1.807) is 0 Å². The minimum Gasteiger partial charge on any atom is -0.466 e. The van der Waals surface area contributed by atoms with Gasteiger partial charge < -0.3 is 9.47 Å². The number of allylic oxidation sites excluding steroid dienone is 2. The van der Waals surface area contributed by atoms with Crippen molar-refractivity contribution in [3.05, 3.63) is 82.9 Å². The van der Waals surface area contributed by atoms with Crippen molar-refractivity contribution in [2.24, 2.45) is 0 Å². The Balaban J connectivity index is 2.07. The van der Waals surface area contributed by atoms with E-state index in [1.165, 1.54) is 37.5 Å². The van der Waals surface area contributed by atoms with Crippen LogP contribution in [0, 0.1) is 0 Å². The van der Waals surface area contributed by atoms with Crippen LogP contribution in [0.25, 0.3) is 11.1 Å². The zero-order chi connectivity index (χ0) is 19.8. The summed E-state index contributed by atoms with van der Waals surface area (Å²) in [6, 6.07) is 16.2. The maximum atomic E-state index is 11.3. The molecule has 27 heavy (non-hydrogen) atoms. The smallest absolute Gasteiger partial charge is 0.330 e. The number of benzene rings is 2. The number of carbonyl (C=O) groups excluding carboxylic acids is 2. The number of ether oxygens (including phenoxy) is 2. The summed E-state index contributed by atoms with van der Waals surface area (Å²) in [7, 11) is 2.74. The molecule has 140 valence electrons. The Labute approximate surface area is 160 Å². The molecule has 0 saturated heterocycles. The maximum Gasteiger partial charge on any atom is 0.330 e. The molecule has 0 aliphatic carbocycles. The quantitative estimate of drug-likeness (QED) is 0.562. The van der Waals surface area contributed by atoms with Crippen LogP contribution < -0.4 is 0 Å². The van der Waals surface area contributed by atoms with Gasteiger partial charge in [0.2, 0.25) is 0 Å². The molecule has 0 fully saturated rings. The molecule has 0 amide bonds. The van der Waals surface area contributed by atoms with Crippen LogP contribution in [0.4, 0.5) is 0 Å². The molecule has 4 heteroatoms. The van der Waals surface area contributed by atoms with Crippen LogP contribution >= 0.6 is 0 Å². The summed E-state index contributed by atoms with van der Waals surface area (Å²) < 4.78 is 9.31. The minimum absolute atomic E-state index is 0.354. The second kappa shape index (κ2) is 9.53. The first-order chi connectivity index (χ1) is 12.9. The van der Waals surface area contributed by atoms with Gasteiger partial charge in [0.15, 0.2) is 0 Å². The van der Waals surface area contributed by atoms with E-state index in [0.717, 1.165) is 28.7 Å². The summed E-state index contributed by atoms with van der Waals surface area (Å²) in [6.07, 6.45) is 3.77.